The maximum absolute atomic E-state index is 10.8. The van der Waals surface area contributed by atoms with Crippen LogP contribution in [0.15, 0.2) is 42.2 Å². The molecule has 1 aliphatic rings. The summed E-state index contributed by atoms with van der Waals surface area (Å²) >= 11 is 0. The first kappa shape index (κ1) is 12.1. The standard InChI is InChI=1S/C14H18O3/c1-16-11-14(15,12-7-3-2-4-8-12)13-9-5-6-10-17-13/h2-4,7-9,15H,5-6,10-11H2,1H3. The normalized spacial score (nSPS) is 19.1. The molecule has 0 aliphatic carbocycles. The molecule has 0 spiro atoms. The average molecular weight is 234 g/mol. The van der Waals surface area contributed by atoms with Gasteiger partial charge in [-0.05, 0) is 24.5 Å². The van der Waals surface area contributed by atoms with Gasteiger partial charge in [-0.3, -0.25) is 0 Å². The Hall–Kier alpha value is -1.32. The summed E-state index contributed by atoms with van der Waals surface area (Å²) in [4.78, 5) is 0. The molecule has 0 amide bonds. The Balaban J connectivity index is 2.35. The zero-order chi connectivity index (χ0) is 12.1. The van der Waals surface area contributed by atoms with Crippen LogP contribution in [0.25, 0.3) is 0 Å². The molecular weight excluding hydrogens is 216 g/mol. The minimum atomic E-state index is -1.17. The largest absolute Gasteiger partial charge is 0.495 e. The van der Waals surface area contributed by atoms with Gasteiger partial charge >= 0.3 is 0 Å². The van der Waals surface area contributed by atoms with Crippen LogP contribution >= 0.6 is 0 Å². The molecule has 3 heteroatoms. The second-order valence-electron chi connectivity index (χ2n) is 4.22. The second-order valence-corrected chi connectivity index (χ2v) is 4.22. The van der Waals surface area contributed by atoms with Crippen LogP contribution in [-0.4, -0.2) is 25.4 Å². The Bertz CT molecular complexity index is 386. The topological polar surface area (TPSA) is 38.7 Å². The van der Waals surface area contributed by atoms with Crippen molar-refractivity contribution < 1.29 is 14.6 Å². The lowest BCUT2D eigenvalue weighted by Gasteiger charge is -2.32. The minimum Gasteiger partial charge on any atom is -0.495 e. The molecule has 0 aromatic heterocycles. The first-order valence-corrected chi connectivity index (χ1v) is 5.87. The molecule has 0 saturated heterocycles. The highest BCUT2D eigenvalue weighted by Gasteiger charge is 2.36. The zero-order valence-electron chi connectivity index (χ0n) is 10.1. The molecule has 1 aromatic rings. The van der Waals surface area contributed by atoms with Crippen molar-refractivity contribution in [2.75, 3.05) is 20.3 Å². The number of rotatable bonds is 4. The zero-order valence-corrected chi connectivity index (χ0v) is 10.1. The van der Waals surface area contributed by atoms with Crippen LogP contribution < -0.4 is 0 Å². The van der Waals surface area contributed by atoms with Crippen LogP contribution in [0.3, 0.4) is 0 Å². The summed E-state index contributed by atoms with van der Waals surface area (Å²) in [7, 11) is 1.58. The first-order chi connectivity index (χ1) is 8.27. The third-order valence-electron chi connectivity index (χ3n) is 2.95. The number of benzene rings is 1. The quantitative estimate of drug-likeness (QED) is 0.868. The van der Waals surface area contributed by atoms with Gasteiger partial charge in [0.2, 0.25) is 0 Å². The molecule has 92 valence electrons. The molecular formula is C14H18O3. The van der Waals surface area contributed by atoms with Crippen LogP contribution in [0.4, 0.5) is 0 Å². The second kappa shape index (κ2) is 5.34. The summed E-state index contributed by atoms with van der Waals surface area (Å²) in [5, 5.41) is 10.8. The van der Waals surface area contributed by atoms with E-state index >= 15 is 0 Å². The highest BCUT2D eigenvalue weighted by Crippen LogP contribution is 2.32. The molecule has 17 heavy (non-hydrogen) atoms. The molecule has 0 fully saturated rings. The Morgan fingerprint density at radius 2 is 2.12 bits per heavy atom. The summed E-state index contributed by atoms with van der Waals surface area (Å²) in [5.74, 6) is 0.608. The molecule has 1 atom stereocenters. The lowest BCUT2D eigenvalue weighted by molar-refractivity contribution is -0.0519. The smallest absolute Gasteiger partial charge is 0.169 e. The molecule has 1 heterocycles. The van der Waals surface area contributed by atoms with Gasteiger partial charge in [-0.1, -0.05) is 30.3 Å². The van der Waals surface area contributed by atoms with Gasteiger partial charge in [-0.25, -0.2) is 0 Å². The Kier molecular flexibility index (Phi) is 3.82. The molecule has 0 radical (unpaired) electrons. The average Bonchev–Trinajstić information content (AvgIpc) is 2.41. The van der Waals surface area contributed by atoms with Crippen molar-refractivity contribution in [2.45, 2.75) is 18.4 Å². The third-order valence-corrected chi connectivity index (χ3v) is 2.95. The fourth-order valence-corrected chi connectivity index (χ4v) is 2.07. The molecule has 1 N–H and O–H groups in total. The fraction of sp³-hybridized carbons (Fsp3) is 0.429. The number of aliphatic hydroxyl groups is 1. The molecule has 1 aromatic carbocycles. The number of allylic oxidation sites excluding steroid dienone is 1. The molecule has 3 nitrogen and oxygen atoms in total. The van der Waals surface area contributed by atoms with Gasteiger partial charge in [-0.2, -0.15) is 0 Å². The summed E-state index contributed by atoms with van der Waals surface area (Å²) in [6, 6.07) is 9.50. The van der Waals surface area contributed by atoms with E-state index in [0.29, 0.717) is 12.4 Å². The first-order valence-electron chi connectivity index (χ1n) is 5.87. The Labute approximate surface area is 102 Å². The van der Waals surface area contributed by atoms with Gasteiger partial charge < -0.3 is 14.6 Å². The predicted octanol–water partition coefficient (Wildman–Crippen LogP) is 2.21. The van der Waals surface area contributed by atoms with Crippen LogP contribution in [0.2, 0.25) is 0 Å². The van der Waals surface area contributed by atoms with Crippen LogP contribution in [0.1, 0.15) is 18.4 Å². The van der Waals surface area contributed by atoms with Crippen molar-refractivity contribution in [1.82, 2.24) is 0 Å². The number of methoxy groups -OCH3 is 1. The third kappa shape index (κ3) is 2.51. The van der Waals surface area contributed by atoms with Crippen molar-refractivity contribution in [3.8, 4) is 0 Å². The van der Waals surface area contributed by atoms with Crippen molar-refractivity contribution in [3.05, 3.63) is 47.7 Å². The Morgan fingerprint density at radius 3 is 2.71 bits per heavy atom. The van der Waals surface area contributed by atoms with Crippen molar-refractivity contribution in [3.63, 3.8) is 0 Å². The van der Waals surface area contributed by atoms with Gasteiger partial charge in [-0.15, -0.1) is 0 Å². The van der Waals surface area contributed by atoms with Crippen LogP contribution in [0.5, 0.6) is 0 Å². The van der Waals surface area contributed by atoms with E-state index in [1.54, 1.807) is 7.11 Å². The summed E-state index contributed by atoms with van der Waals surface area (Å²) < 4.78 is 10.7. The molecule has 1 unspecified atom stereocenters. The maximum Gasteiger partial charge on any atom is 0.169 e. The van der Waals surface area contributed by atoms with E-state index in [2.05, 4.69) is 0 Å². The van der Waals surface area contributed by atoms with E-state index < -0.39 is 5.60 Å². The van der Waals surface area contributed by atoms with Crippen molar-refractivity contribution in [1.29, 1.82) is 0 Å². The van der Waals surface area contributed by atoms with Crippen molar-refractivity contribution in [2.24, 2.45) is 0 Å². The molecule has 1 aliphatic heterocycles. The Morgan fingerprint density at radius 1 is 1.35 bits per heavy atom. The molecule has 2 rings (SSSR count). The van der Waals surface area contributed by atoms with Gasteiger partial charge in [0.15, 0.2) is 5.60 Å². The van der Waals surface area contributed by atoms with E-state index in [9.17, 15) is 5.11 Å². The SMILES string of the molecule is COCC(O)(C1=CCCCO1)c1ccccc1. The van der Waals surface area contributed by atoms with Crippen LogP contribution in [0, 0.1) is 0 Å². The summed E-state index contributed by atoms with van der Waals surface area (Å²) in [6.45, 7) is 0.855. The summed E-state index contributed by atoms with van der Waals surface area (Å²) in [6.07, 6.45) is 3.89. The minimum absolute atomic E-state index is 0.197. The van der Waals surface area contributed by atoms with Crippen LogP contribution in [-0.2, 0) is 15.1 Å². The van der Waals surface area contributed by atoms with Gasteiger partial charge in [0.05, 0.1) is 13.2 Å². The lowest BCUT2D eigenvalue weighted by atomic mass is 9.91. The van der Waals surface area contributed by atoms with E-state index in [1.807, 2.05) is 36.4 Å². The number of hydrogen-bond acceptors (Lipinski definition) is 3. The van der Waals surface area contributed by atoms with Gasteiger partial charge in [0.25, 0.3) is 0 Å². The predicted molar refractivity (Wildman–Crippen MR) is 65.5 cm³/mol. The highest BCUT2D eigenvalue weighted by molar-refractivity contribution is 5.31. The number of ether oxygens (including phenoxy) is 2. The van der Waals surface area contributed by atoms with Gasteiger partial charge in [0.1, 0.15) is 5.76 Å². The molecule has 0 saturated carbocycles. The summed E-state index contributed by atoms with van der Waals surface area (Å²) in [5.41, 5.74) is -0.369. The van der Waals surface area contributed by atoms with E-state index in [-0.39, 0.29) is 6.61 Å². The highest BCUT2D eigenvalue weighted by atomic mass is 16.5. The monoisotopic (exact) mass is 234 g/mol. The van der Waals surface area contributed by atoms with E-state index in [1.165, 1.54) is 0 Å². The van der Waals surface area contributed by atoms with E-state index in [4.69, 9.17) is 9.47 Å². The molecule has 0 bridgehead atoms. The fourth-order valence-electron chi connectivity index (χ4n) is 2.07. The van der Waals surface area contributed by atoms with E-state index in [0.717, 1.165) is 18.4 Å². The number of hydrogen-bond donors (Lipinski definition) is 1. The van der Waals surface area contributed by atoms with Crippen molar-refractivity contribution >= 4 is 0 Å². The van der Waals surface area contributed by atoms with Gasteiger partial charge in [0, 0.05) is 7.11 Å². The maximum atomic E-state index is 10.8. The lowest BCUT2D eigenvalue weighted by Crippen LogP contribution is -2.35.